The van der Waals surface area contributed by atoms with E-state index in [1.807, 2.05) is 54.6 Å². The van der Waals surface area contributed by atoms with E-state index in [9.17, 15) is 4.79 Å². The van der Waals surface area contributed by atoms with Crippen LogP contribution in [0.25, 0.3) is 0 Å². The first kappa shape index (κ1) is 16.4. The number of para-hydroxylation sites is 1. The number of aromatic nitrogens is 3. The fraction of sp³-hybridized carbons (Fsp3) is 0.0625. The van der Waals surface area contributed by atoms with E-state index in [4.69, 9.17) is 5.84 Å². The Hall–Kier alpha value is -2.45. The summed E-state index contributed by atoms with van der Waals surface area (Å²) in [5.74, 6) is 5.71. The third kappa shape index (κ3) is 4.30. The number of hydrogen-bond acceptors (Lipinski definition) is 6. The minimum Gasteiger partial charge on any atom is -0.336 e. The fourth-order valence-electron chi connectivity index (χ4n) is 1.93. The summed E-state index contributed by atoms with van der Waals surface area (Å²) in [4.78, 5) is 14.3. The zero-order valence-corrected chi connectivity index (χ0v) is 14.3. The molecular formula is C16H15N5OS2. The number of nitrogens with one attached hydrogen (secondary N) is 1. The van der Waals surface area contributed by atoms with Crippen molar-refractivity contribution < 1.29 is 4.79 Å². The van der Waals surface area contributed by atoms with Crippen molar-refractivity contribution in [1.82, 2.24) is 14.9 Å². The maximum atomic E-state index is 12.2. The molecule has 0 bridgehead atoms. The van der Waals surface area contributed by atoms with Crippen LogP contribution in [0.2, 0.25) is 0 Å². The number of nitrogen functional groups attached to an aromatic ring is 1. The molecule has 3 aromatic rings. The van der Waals surface area contributed by atoms with Crippen LogP contribution in [-0.4, -0.2) is 26.5 Å². The van der Waals surface area contributed by atoms with Crippen LogP contribution < -0.4 is 11.2 Å². The van der Waals surface area contributed by atoms with Crippen LogP contribution >= 0.6 is 23.5 Å². The maximum absolute atomic E-state index is 12.2. The van der Waals surface area contributed by atoms with Crippen LogP contribution in [-0.2, 0) is 4.79 Å². The summed E-state index contributed by atoms with van der Waals surface area (Å²) in [6.07, 6.45) is 1.39. The van der Waals surface area contributed by atoms with Gasteiger partial charge >= 0.3 is 0 Å². The molecule has 6 nitrogen and oxygen atoms in total. The van der Waals surface area contributed by atoms with Gasteiger partial charge in [-0.25, -0.2) is 4.68 Å². The quantitative estimate of drug-likeness (QED) is 0.521. The summed E-state index contributed by atoms with van der Waals surface area (Å²) in [7, 11) is 0. The SMILES string of the molecule is Nn1cnnc1SCC(=O)Nc1ccccc1Sc1ccccc1. The number of carbonyl (C=O) groups excluding carboxylic acids is 1. The lowest BCUT2D eigenvalue weighted by Gasteiger charge is -2.10. The number of nitrogens with two attached hydrogens (primary N) is 1. The number of benzene rings is 2. The molecule has 0 aliphatic rings. The summed E-state index contributed by atoms with van der Waals surface area (Å²) < 4.78 is 1.29. The Morgan fingerprint density at radius 3 is 2.62 bits per heavy atom. The number of thioether (sulfide) groups is 1. The fourth-order valence-corrected chi connectivity index (χ4v) is 3.48. The zero-order valence-electron chi connectivity index (χ0n) is 12.6. The van der Waals surface area contributed by atoms with E-state index in [1.54, 1.807) is 11.8 Å². The summed E-state index contributed by atoms with van der Waals surface area (Å²) >= 11 is 2.84. The van der Waals surface area contributed by atoms with Crippen molar-refractivity contribution >= 4 is 35.1 Å². The lowest BCUT2D eigenvalue weighted by molar-refractivity contribution is -0.113. The van der Waals surface area contributed by atoms with Gasteiger partial charge in [-0.15, -0.1) is 10.2 Å². The van der Waals surface area contributed by atoms with E-state index in [0.29, 0.717) is 5.16 Å². The Balaban J connectivity index is 1.64. The predicted molar refractivity (Wildman–Crippen MR) is 96.5 cm³/mol. The maximum Gasteiger partial charge on any atom is 0.234 e. The van der Waals surface area contributed by atoms with Crippen LogP contribution in [0.1, 0.15) is 0 Å². The molecule has 24 heavy (non-hydrogen) atoms. The second kappa shape index (κ2) is 7.89. The van der Waals surface area contributed by atoms with Gasteiger partial charge in [-0.1, -0.05) is 53.9 Å². The highest BCUT2D eigenvalue weighted by Crippen LogP contribution is 2.33. The molecule has 122 valence electrons. The number of nitrogens with zero attached hydrogens (tertiary/aromatic N) is 3. The predicted octanol–water partition coefficient (Wildman–Crippen LogP) is 2.87. The molecule has 0 saturated carbocycles. The van der Waals surface area contributed by atoms with Gasteiger partial charge in [0.25, 0.3) is 0 Å². The second-order valence-electron chi connectivity index (χ2n) is 4.77. The van der Waals surface area contributed by atoms with Crippen molar-refractivity contribution in [2.45, 2.75) is 14.9 Å². The van der Waals surface area contributed by atoms with Gasteiger partial charge in [0.05, 0.1) is 11.4 Å². The van der Waals surface area contributed by atoms with Gasteiger partial charge in [-0.2, -0.15) is 0 Å². The van der Waals surface area contributed by atoms with Crippen LogP contribution in [0.15, 0.2) is 75.9 Å². The smallest absolute Gasteiger partial charge is 0.234 e. The van der Waals surface area contributed by atoms with Crippen molar-refractivity contribution in [2.75, 3.05) is 16.9 Å². The second-order valence-corrected chi connectivity index (χ2v) is 6.83. The molecule has 2 aromatic carbocycles. The summed E-state index contributed by atoms with van der Waals surface area (Å²) in [6, 6.07) is 17.7. The Kier molecular flexibility index (Phi) is 5.39. The summed E-state index contributed by atoms with van der Waals surface area (Å²) in [5, 5.41) is 10.9. The van der Waals surface area contributed by atoms with Gasteiger partial charge in [-0.05, 0) is 24.3 Å². The first-order valence-electron chi connectivity index (χ1n) is 7.12. The minimum atomic E-state index is -0.121. The molecule has 0 radical (unpaired) electrons. The monoisotopic (exact) mass is 357 g/mol. The van der Waals surface area contributed by atoms with Crippen molar-refractivity contribution in [3.8, 4) is 0 Å². The molecule has 0 atom stereocenters. The lowest BCUT2D eigenvalue weighted by atomic mass is 10.3. The van der Waals surface area contributed by atoms with E-state index in [2.05, 4.69) is 15.5 Å². The highest BCUT2D eigenvalue weighted by Gasteiger charge is 2.10. The largest absolute Gasteiger partial charge is 0.336 e. The first-order valence-corrected chi connectivity index (χ1v) is 8.92. The number of rotatable bonds is 6. The van der Waals surface area contributed by atoms with Crippen molar-refractivity contribution in [2.24, 2.45) is 0 Å². The number of anilines is 1. The molecule has 0 aliphatic carbocycles. The molecule has 1 aromatic heterocycles. The lowest BCUT2D eigenvalue weighted by Crippen LogP contribution is -2.16. The van der Waals surface area contributed by atoms with Crippen LogP contribution in [0.3, 0.4) is 0 Å². The van der Waals surface area contributed by atoms with Crippen molar-refractivity contribution in [3.63, 3.8) is 0 Å². The minimum absolute atomic E-state index is 0.121. The molecule has 0 aliphatic heterocycles. The van der Waals surface area contributed by atoms with E-state index < -0.39 is 0 Å². The van der Waals surface area contributed by atoms with Crippen LogP contribution in [0.4, 0.5) is 5.69 Å². The van der Waals surface area contributed by atoms with Gasteiger partial charge in [0.1, 0.15) is 6.33 Å². The van der Waals surface area contributed by atoms with Crippen LogP contribution in [0, 0.1) is 0 Å². The molecule has 1 heterocycles. The zero-order chi connectivity index (χ0) is 16.8. The van der Waals surface area contributed by atoms with E-state index in [1.165, 1.54) is 22.8 Å². The number of carbonyl (C=O) groups is 1. The molecule has 3 rings (SSSR count). The van der Waals surface area contributed by atoms with E-state index >= 15 is 0 Å². The normalized spacial score (nSPS) is 10.5. The Morgan fingerprint density at radius 2 is 1.88 bits per heavy atom. The molecule has 8 heteroatoms. The molecule has 0 saturated heterocycles. The molecule has 3 N–H and O–H groups in total. The molecule has 0 spiro atoms. The number of hydrogen-bond donors (Lipinski definition) is 2. The topological polar surface area (TPSA) is 85.8 Å². The van der Waals surface area contributed by atoms with Crippen molar-refractivity contribution in [1.29, 1.82) is 0 Å². The van der Waals surface area contributed by atoms with Crippen LogP contribution in [0.5, 0.6) is 0 Å². The van der Waals surface area contributed by atoms with Crippen molar-refractivity contribution in [3.05, 3.63) is 60.9 Å². The highest BCUT2D eigenvalue weighted by molar-refractivity contribution is 8.00. The Morgan fingerprint density at radius 1 is 1.12 bits per heavy atom. The average Bonchev–Trinajstić information content (AvgIpc) is 3.01. The third-order valence-electron chi connectivity index (χ3n) is 3.00. The summed E-state index contributed by atoms with van der Waals surface area (Å²) in [5.41, 5.74) is 0.783. The average molecular weight is 357 g/mol. The molecule has 0 fully saturated rings. The van der Waals surface area contributed by atoms with Gasteiger partial charge in [-0.3, -0.25) is 4.79 Å². The Bertz CT molecular complexity index is 822. The summed E-state index contributed by atoms with van der Waals surface area (Å²) in [6.45, 7) is 0. The molecule has 0 unspecified atom stereocenters. The number of amides is 1. The Labute approximate surface area is 147 Å². The highest BCUT2D eigenvalue weighted by atomic mass is 32.2. The van der Waals surface area contributed by atoms with Gasteiger partial charge in [0.2, 0.25) is 11.1 Å². The third-order valence-corrected chi connectivity index (χ3v) is 5.05. The first-order chi connectivity index (χ1) is 11.7. The van der Waals surface area contributed by atoms with Gasteiger partial charge < -0.3 is 11.2 Å². The standard InChI is InChI=1S/C16H15N5OS2/c17-21-11-18-20-16(21)23-10-15(22)19-13-8-4-5-9-14(13)24-12-6-2-1-3-7-12/h1-9,11H,10,17H2,(H,19,22). The van der Waals surface area contributed by atoms with E-state index in [-0.39, 0.29) is 11.7 Å². The van der Waals surface area contributed by atoms with E-state index in [0.717, 1.165) is 15.5 Å². The molecule has 1 amide bonds. The molecular weight excluding hydrogens is 342 g/mol. The van der Waals surface area contributed by atoms with Gasteiger partial charge in [0.15, 0.2) is 0 Å². The van der Waals surface area contributed by atoms with Gasteiger partial charge in [0, 0.05) is 9.79 Å².